The van der Waals surface area contributed by atoms with Gasteiger partial charge < -0.3 is 9.16 Å². The Morgan fingerprint density at radius 1 is 0.931 bits per heavy atom. The Labute approximate surface area is 177 Å². The second kappa shape index (κ2) is 9.55. The number of methoxy groups -OCH3 is 1. The van der Waals surface area contributed by atoms with E-state index in [1.54, 1.807) is 0 Å². The summed E-state index contributed by atoms with van der Waals surface area (Å²) in [6, 6.07) is 20.8. The van der Waals surface area contributed by atoms with Crippen LogP contribution in [-0.4, -0.2) is 28.2 Å². The fraction of sp³-hybridized carbons (Fsp3) is 0.400. The summed E-state index contributed by atoms with van der Waals surface area (Å²) >= 11 is 0. The van der Waals surface area contributed by atoms with Gasteiger partial charge >= 0.3 is 5.97 Å². The molecule has 3 nitrogen and oxygen atoms in total. The first-order valence-electron chi connectivity index (χ1n) is 10.1. The van der Waals surface area contributed by atoms with Gasteiger partial charge in [-0.3, -0.25) is 4.79 Å². The zero-order valence-corrected chi connectivity index (χ0v) is 19.7. The molecule has 0 bridgehead atoms. The van der Waals surface area contributed by atoms with E-state index >= 15 is 0 Å². The minimum absolute atomic E-state index is 0.195. The normalized spacial score (nSPS) is 14.3. The molecule has 0 aliphatic rings. The first kappa shape index (κ1) is 23.1. The Morgan fingerprint density at radius 2 is 1.38 bits per heavy atom. The molecular formula is C25H34O3Si. The van der Waals surface area contributed by atoms with Gasteiger partial charge in [-0.15, -0.1) is 6.58 Å². The lowest BCUT2D eigenvalue weighted by atomic mass is 9.69. The van der Waals surface area contributed by atoms with Crippen molar-refractivity contribution in [2.45, 2.75) is 40.7 Å². The zero-order chi connectivity index (χ0) is 21.7. The molecule has 2 rings (SSSR count). The van der Waals surface area contributed by atoms with E-state index in [0.717, 1.165) is 0 Å². The van der Waals surface area contributed by atoms with Crippen LogP contribution in [0.4, 0.5) is 0 Å². The second-order valence-corrected chi connectivity index (χ2v) is 11.5. The summed E-state index contributed by atoms with van der Waals surface area (Å²) in [5, 5.41) is 2.43. The minimum atomic E-state index is -1.99. The lowest BCUT2D eigenvalue weighted by Gasteiger charge is -2.43. The van der Waals surface area contributed by atoms with Gasteiger partial charge in [0.05, 0.1) is 18.6 Å². The third kappa shape index (κ3) is 5.46. The van der Waals surface area contributed by atoms with Gasteiger partial charge in [0, 0.05) is 5.92 Å². The van der Waals surface area contributed by atoms with E-state index < -0.39 is 14.5 Å². The summed E-state index contributed by atoms with van der Waals surface area (Å²) < 4.78 is 12.1. The molecule has 0 heterocycles. The fourth-order valence-corrected chi connectivity index (χ4v) is 6.49. The van der Waals surface area contributed by atoms with Crippen LogP contribution >= 0.6 is 0 Å². The number of hydrogen-bond donors (Lipinski definition) is 0. The lowest BCUT2D eigenvalue weighted by Crippen LogP contribution is -2.54. The number of ether oxygens (including phenoxy) is 1. The molecule has 0 amide bonds. The van der Waals surface area contributed by atoms with Crippen molar-refractivity contribution >= 4 is 25.4 Å². The van der Waals surface area contributed by atoms with Gasteiger partial charge in [0.25, 0.3) is 0 Å². The number of hydrogen-bond acceptors (Lipinski definition) is 3. The Kier molecular flexibility index (Phi) is 7.61. The summed E-state index contributed by atoms with van der Waals surface area (Å²) in [4.78, 5) is 12.6. The maximum Gasteiger partial charge on any atom is 0.311 e. The highest BCUT2D eigenvalue weighted by atomic mass is 28.3. The highest BCUT2D eigenvalue weighted by Gasteiger charge is 2.46. The van der Waals surface area contributed by atoms with Crippen LogP contribution in [0.5, 0.6) is 0 Å². The monoisotopic (exact) mass is 410 g/mol. The van der Waals surface area contributed by atoms with Crippen molar-refractivity contribution in [1.82, 2.24) is 0 Å². The standard InChI is InChI=1S/C25H34O3Si/c1-8-21(25(5,6)23(26)27-7)22(24(2,3)4)28-29(19-15-11-9-12-16-19)20-17-13-10-14-18-20/h8-18,21-22,29H,1H2,2-7H3. The van der Waals surface area contributed by atoms with Gasteiger partial charge in [0.15, 0.2) is 0 Å². The van der Waals surface area contributed by atoms with Crippen molar-refractivity contribution in [2.75, 3.05) is 7.11 Å². The molecule has 0 N–H and O–H groups in total. The summed E-state index contributed by atoms with van der Waals surface area (Å²) in [7, 11) is -0.557. The highest BCUT2D eigenvalue weighted by Crippen LogP contribution is 2.40. The summed E-state index contributed by atoms with van der Waals surface area (Å²) in [6.45, 7) is 14.3. The molecule has 0 radical (unpaired) electrons. The van der Waals surface area contributed by atoms with Crippen LogP contribution in [-0.2, 0) is 14.0 Å². The van der Waals surface area contributed by atoms with Crippen molar-refractivity contribution in [3.05, 3.63) is 73.3 Å². The van der Waals surface area contributed by atoms with Crippen molar-refractivity contribution in [3.8, 4) is 0 Å². The van der Waals surface area contributed by atoms with E-state index in [9.17, 15) is 4.79 Å². The number of carbonyl (C=O) groups is 1. The second-order valence-electron chi connectivity index (χ2n) is 9.10. The van der Waals surface area contributed by atoms with Crippen LogP contribution in [0.1, 0.15) is 34.6 Å². The van der Waals surface area contributed by atoms with E-state index in [1.165, 1.54) is 17.5 Å². The topological polar surface area (TPSA) is 35.5 Å². The van der Waals surface area contributed by atoms with Gasteiger partial charge in [0.2, 0.25) is 9.04 Å². The summed E-state index contributed by atoms with van der Waals surface area (Å²) in [5.74, 6) is -0.449. The molecular weight excluding hydrogens is 376 g/mol. The molecule has 156 valence electrons. The molecule has 2 aromatic rings. The molecule has 0 aliphatic carbocycles. The van der Waals surface area contributed by atoms with Crippen LogP contribution in [0.2, 0.25) is 0 Å². The smallest absolute Gasteiger partial charge is 0.311 e. The molecule has 0 fully saturated rings. The molecule has 2 unspecified atom stereocenters. The number of benzene rings is 2. The average Bonchev–Trinajstić information content (AvgIpc) is 2.70. The molecule has 4 heteroatoms. The van der Waals surface area contributed by atoms with Gasteiger partial charge in [0.1, 0.15) is 0 Å². The Hall–Kier alpha value is -2.17. The van der Waals surface area contributed by atoms with Gasteiger partial charge in [-0.05, 0) is 29.6 Å². The lowest BCUT2D eigenvalue weighted by molar-refractivity contribution is -0.156. The van der Waals surface area contributed by atoms with Gasteiger partial charge in [-0.2, -0.15) is 0 Å². The third-order valence-corrected chi connectivity index (χ3v) is 8.01. The van der Waals surface area contributed by atoms with Crippen LogP contribution in [0, 0.1) is 16.7 Å². The third-order valence-electron chi connectivity index (χ3n) is 5.47. The van der Waals surface area contributed by atoms with Crippen molar-refractivity contribution in [3.63, 3.8) is 0 Å². The van der Waals surface area contributed by atoms with E-state index in [0.29, 0.717) is 0 Å². The van der Waals surface area contributed by atoms with E-state index in [4.69, 9.17) is 9.16 Å². The van der Waals surface area contributed by atoms with E-state index in [-0.39, 0.29) is 23.4 Å². The molecule has 2 aromatic carbocycles. The minimum Gasteiger partial charge on any atom is -0.469 e. The number of carbonyl (C=O) groups excluding carboxylic acids is 1. The number of rotatable bonds is 8. The predicted octanol–water partition coefficient (Wildman–Crippen LogP) is 3.96. The average molecular weight is 411 g/mol. The summed E-state index contributed by atoms with van der Waals surface area (Å²) in [5.41, 5.74) is -0.945. The molecule has 29 heavy (non-hydrogen) atoms. The van der Waals surface area contributed by atoms with Crippen LogP contribution in [0.3, 0.4) is 0 Å². The van der Waals surface area contributed by atoms with Gasteiger partial charge in [-0.1, -0.05) is 87.5 Å². The molecule has 0 saturated carbocycles. The summed E-state index contributed by atoms with van der Waals surface area (Å²) in [6.07, 6.45) is 1.65. The quantitative estimate of drug-likeness (QED) is 0.375. The molecule has 0 aliphatic heterocycles. The van der Waals surface area contributed by atoms with Crippen molar-refractivity contribution in [1.29, 1.82) is 0 Å². The Morgan fingerprint density at radius 3 is 1.72 bits per heavy atom. The molecule has 0 spiro atoms. The van der Waals surface area contributed by atoms with Crippen molar-refractivity contribution < 1.29 is 14.0 Å². The first-order valence-corrected chi connectivity index (χ1v) is 11.7. The van der Waals surface area contributed by atoms with E-state index in [2.05, 4.69) is 75.9 Å². The van der Waals surface area contributed by atoms with Crippen molar-refractivity contribution in [2.24, 2.45) is 16.7 Å². The number of esters is 1. The maximum absolute atomic E-state index is 12.6. The molecule has 0 saturated heterocycles. The zero-order valence-electron chi connectivity index (χ0n) is 18.5. The highest BCUT2D eigenvalue weighted by molar-refractivity contribution is 6.80. The van der Waals surface area contributed by atoms with Crippen LogP contribution in [0.25, 0.3) is 0 Å². The fourth-order valence-electron chi connectivity index (χ4n) is 3.78. The largest absolute Gasteiger partial charge is 0.469 e. The van der Waals surface area contributed by atoms with Crippen LogP contribution < -0.4 is 10.4 Å². The molecule has 2 atom stereocenters. The predicted molar refractivity (Wildman–Crippen MR) is 123 cm³/mol. The molecule has 0 aromatic heterocycles. The Balaban J connectivity index is 2.53. The Bertz CT molecular complexity index is 754. The van der Waals surface area contributed by atoms with E-state index in [1.807, 2.05) is 32.1 Å². The van der Waals surface area contributed by atoms with Crippen LogP contribution in [0.15, 0.2) is 73.3 Å². The van der Waals surface area contributed by atoms with Gasteiger partial charge in [-0.25, -0.2) is 0 Å². The first-order chi connectivity index (χ1) is 13.6. The maximum atomic E-state index is 12.6. The SMILES string of the molecule is C=CC(C(O[SiH](c1ccccc1)c1ccccc1)C(C)(C)C)C(C)(C)C(=O)OC.